The Balaban J connectivity index is 1.50. The zero-order valence-electron chi connectivity index (χ0n) is 33.1. The van der Waals surface area contributed by atoms with Crippen molar-refractivity contribution in [1.29, 1.82) is 0 Å². The molecule has 4 aromatic heterocycles. The Morgan fingerprint density at radius 1 is 0.694 bits per heavy atom. The number of carbonyl (C=O) groups is 1. The number of nitrogens with one attached hydrogen (secondary N) is 2. The van der Waals surface area contributed by atoms with Gasteiger partial charge >= 0.3 is 12.7 Å². The summed E-state index contributed by atoms with van der Waals surface area (Å²) in [6, 6.07) is 1.49. The lowest BCUT2D eigenvalue weighted by molar-refractivity contribution is -0.275. The monoisotopic (exact) mass is 888 g/mol. The number of piperidine rings is 2. The van der Waals surface area contributed by atoms with Gasteiger partial charge in [0.1, 0.15) is 34.8 Å². The molecular formula is C39H42F10N10O3. The largest absolute Gasteiger partial charge is 0.573 e. The number of hydrogen-bond donors (Lipinski definition) is 4. The van der Waals surface area contributed by atoms with E-state index in [1.807, 2.05) is 0 Å². The summed E-state index contributed by atoms with van der Waals surface area (Å²) in [6.07, 6.45) is -6.81. The van der Waals surface area contributed by atoms with Crippen LogP contribution in [-0.4, -0.2) is 98.4 Å². The average Bonchev–Trinajstić information content (AvgIpc) is 3.16. The molecule has 0 aliphatic carbocycles. The SMILES string of the molecule is Cc1cnc(Nc2cc(OC(F)(F)F)ccn2)cc1[C@H](C(=O)[C@@H](c1cc(Nc2cc(OC(F)(F)F)ccn2)ncc1C)N1CC(F)(F)CCC1CN)N1CC(F)(F)CCC1CN. The van der Waals surface area contributed by atoms with Crippen LogP contribution in [0.1, 0.15) is 60.0 Å². The van der Waals surface area contributed by atoms with Crippen LogP contribution < -0.4 is 31.6 Å². The summed E-state index contributed by atoms with van der Waals surface area (Å²) in [5.74, 6) is -9.24. The molecule has 4 atom stereocenters. The minimum atomic E-state index is -5.02. The lowest BCUT2D eigenvalue weighted by Crippen LogP contribution is -2.58. The molecule has 0 radical (unpaired) electrons. The fourth-order valence-corrected chi connectivity index (χ4v) is 7.71. The highest BCUT2D eigenvalue weighted by molar-refractivity contribution is 5.92. The summed E-state index contributed by atoms with van der Waals surface area (Å²) in [7, 11) is 0. The first-order valence-corrected chi connectivity index (χ1v) is 19.2. The zero-order valence-corrected chi connectivity index (χ0v) is 33.1. The van der Waals surface area contributed by atoms with Crippen molar-refractivity contribution in [1.82, 2.24) is 29.7 Å². The van der Waals surface area contributed by atoms with E-state index in [1.165, 1.54) is 48.2 Å². The molecule has 0 spiro atoms. The number of nitrogens with two attached hydrogens (primary N) is 2. The molecule has 2 aliphatic heterocycles. The Morgan fingerprint density at radius 2 is 1.06 bits per heavy atom. The third-order valence-corrected chi connectivity index (χ3v) is 10.5. The van der Waals surface area contributed by atoms with Crippen LogP contribution in [0, 0.1) is 13.8 Å². The summed E-state index contributed by atoms with van der Waals surface area (Å²) < 4.78 is 148. The van der Waals surface area contributed by atoms with Crippen LogP contribution in [0.25, 0.3) is 0 Å². The summed E-state index contributed by atoms with van der Waals surface area (Å²) in [6.45, 7) is 0.768. The molecule has 62 heavy (non-hydrogen) atoms. The maximum absolute atomic E-state index is 15.8. The molecule has 6 N–H and O–H groups in total. The maximum atomic E-state index is 15.8. The van der Waals surface area contributed by atoms with Crippen molar-refractivity contribution in [3.05, 3.63) is 83.4 Å². The second-order valence-corrected chi connectivity index (χ2v) is 15.1. The lowest BCUT2D eigenvalue weighted by Gasteiger charge is -2.47. The summed E-state index contributed by atoms with van der Waals surface area (Å²) >= 11 is 0. The van der Waals surface area contributed by atoms with E-state index < -0.39 is 92.0 Å². The molecule has 336 valence electrons. The van der Waals surface area contributed by atoms with Gasteiger partial charge in [-0.05, 0) is 73.2 Å². The molecule has 2 aliphatic rings. The zero-order chi connectivity index (χ0) is 45.2. The van der Waals surface area contributed by atoms with Crippen molar-refractivity contribution in [3.8, 4) is 11.5 Å². The number of carbonyl (C=O) groups excluding carboxylic acids is 1. The number of ketones is 1. The number of Topliss-reactive ketones (excluding diaryl/α,β-unsaturated/α-hetero) is 1. The minimum Gasteiger partial charge on any atom is -0.406 e. The first-order chi connectivity index (χ1) is 29.0. The molecule has 0 aromatic carbocycles. The van der Waals surface area contributed by atoms with Crippen LogP contribution in [0.2, 0.25) is 0 Å². The predicted molar refractivity (Wildman–Crippen MR) is 204 cm³/mol. The topological polar surface area (TPSA) is 170 Å². The number of anilines is 4. The smallest absolute Gasteiger partial charge is 0.406 e. The van der Waals surface area contributed by atoms with Gasteiger partial charge in [0.15, 0.2) is 5.78 Å². The van der Waals surface area contributed by atoms with E-state index in [-0.39, 0.29) is 60.3 Å². The maximum Gasteiger partial charge on any atom is 0.573 e. The third-order valence-electron chi connectivity index (χ3n) is 10.5. The molecule has 0 amide bonds. The Bertz CT molecular complexity index is 2060. The number of nitrogens with zero attached hydrogens (tertiary/aromatic N) is 6. The summed E-state index contributed by atoms with van der Waals surface area (Å²) in [4.78, 5) is 34.8. The molecule has 0 bridgehead atoms. The van der Waals surface area contributed by atoms with E-state index in [0.29, 0.717) is 11.1 Å². The number of hydrogen-bond acceptors (Lipinski definition) is 13. The lowest BCUT2D eigenvalue weighted by atomic mass is 9.84. The van der Waals surface area contributed by atoms with Crippen LogP contribution >= 0.6 is 0 Å². The van der Waals surface area contributed by atoms with Gasteiger partial charge in [0.2, 0.25) is 0 Å². The number of pyridine rings is 4. The number of aryl methyl sites for hydroxylation is 2. The van der Waals surface area contributed by atoms with Crippen molar-refractivity contribution in [3.63, 3.8) is 0 Å². The predicted octanol–water partition coefficient (Wildman–Crippen LogP) is 7.64. The third kappa shape index (κ3) is 11.5. The van der Waals surface area contributed by atoms with Crippen LogP contribution in [0.4, 0.5) is 67.2 Å². The van der Waals surface area contributed by atoms with Gasteiger partial charge in [-0.3, -0.25) is 14.6 Å². The second kappa shape index (κ2) is 18.1. The molecule has 2 unspecified atom stereocenters. The van der Waals surface area contributed by atoms with Crippen molar-refractivity contribution in [2.24, 2.45) is 11.5 Å². The highest BCUT2D eigenvalue weighted by Crippen LogP contribution is 2.44. The van der Waals surface area contributed by atoms with Gasteiger partial charge in [-0.15, -0.1) is 26.3 Å². The average molecular weight is 889 g/mol. The van der Waals surface area contributed by atoms with Crippen molar-refractivity contribution in [2.45, 2.75) is 88.3 Å². The van der Waals surface area contributed by atoms with Gasteiger partial charge in [0, 0.05) is 74.9 Å². The fourth-order valence-electron chi connectivity index (χ4n) is 7.71. The Morgan fingerprint density at radius 3 is 1.42 bits per heavy atom. The van der Waals surface area contributed by atoms with E-state index in [2.05, 4.69) is 40.0 Å². The molecule has 23 heteroatoms. The van der Waals surface area contributed by atoms with Crippen molar-refractivity contribution < 1.29 is 58.2 Å². The van der Waals surface area contributed by atoms with Gasteiger partial charge in [-0.2, -0.15) is 0 Å². The highest BCUT2D eigenvalue weighted by atomic mass is 19.4. The Kier molecular flexibility index (Phi) is 13.5. The van der Waals surface area contributed by atoms with Crippen LogP contribution in [-0.2, 0) is 4.79 Å². The van der Waals surface area contributed by atoms with Gasteiger partial charge in [-0.1, -0.05) is 0 Å². The quantitative estimate of drug-likeness (QED) is 0.0913. The number of likely N-dealkylation sites (tertiary alicyclic amines) is 2. The van der Waals surface area contributed by atoms with E-state index in [1.54, 1.807) is 0 Å². The van der Waals surface area contributed by atoms with Crippen LogP contribution in [0.15, 0.2) is 61.2 Å². The van der Waals surface area contributed by atoms with E-state index in [9.17, 15) is 26.3 Å². The van der Waals surface area contributed by atoms with E-state index >= 15 is 22.4 Å². The molecule has 6 rings (SSSR count). The molecule has 0 saturated carbocycles. The van der Waals surface area contributed by atoms with Gasteiger partial charge in [-0.25, -0.2) is 37.5 Å². The summed E-state index contributed by atoms with van der Waals surface area (Å²) in [5.41, 5.74) is 13.1. The first kappa shape index (κ1) is 46.1. The number of alkyl halides is 10. The molecule has 13 nitrogen and oxygen atoms in total. The normalized spacial score (nSPS) is 20.5. The van der Waals surface area contributed by atoms with Gasteiger partial charge < -0.3 is 31.6 Å². The number of aromatic nitrogens is 4. The van der Waals surface area contributed by atoms with Crippen molar-refractivity contribution in [2.75, 3.05) is 36.8 Å². The summed E-state index contributed by atoms with van der Waals surface area (Å²) in [5, 5.41) is 5.50. The van der Waals surface area contributed by atoms with Crippen molar-refractivity contribution >= 4 is 29.1 Å². The standard InChI is InChI=1S/C39H42F10N10O3/c1-21-17-54-31(56-29-11-25(5-9-52-29)61-38(44,45)46)13-27(21)33(58-19-36(40,41)7-3-23(58)15-50)35(60)34(59-20-37(42,43)8-4-24(59)16-51)28-14-32(55-18-22(28)2)57-30-12-26(6-10-53-30)62-39(47,48)49/h5-6,9-14,17-18,23-24,33-34H,3-4,7-8,15-16,19-20,50-51H2,1-2H3,(H,52,54,56)(H,53,55,57)/t23?,24?,33-,34-/m1/s1. The number of rotatable bonds is 14. The molecule has 6 heterocycles. The second-order valence-electron chi connectivity index (χ2n) is 15.1. The fraction of sp³-hybridized carbons (Fsp3) is 0.462. The Hall–Kier alpha value is -5.39. The van der Waals surface area contributed by atoms with E-state index in [0.717, 1.165) is 36.7 Å². The first-order valence-electron chi connectivity index (χ1n) is 19.2. The Labute approximate surface area is 348 Å². The van der Waals surface area contributed by atoms with Gasteiger partial charge in [0.05, 0.1) is 25.2 Å². The molecule has 2 saturated heterocycles. The van der Waals surface area contributed by atoms with Crippen LogP contribution in [0.5, 0.6) is 11.5 Å². The number of halogens is 10. The minimum absolute atomic E-state index is 0.0789. The molecular weight excluding hydrogens is 846 g/mol. The molecule has 2 fully saturated rings. The molecule has 4 aromatic rings. The van der Waals surface area contributed by atoms with Crippen LogP contribution in [0.3, 0.4) is 0 Å². The number of ether oxygens (including phenoxy) is 2. The van der Waals surface area contributed by atoms with Gasteiger partial charge in [0.25, 0.3) is 11.8 Å². The highest BCUT2D eigenvalue weighted by Gasteiger charge is 2.50. The van der Waals surface area contributed by atoms with E-state index in [4.69, 9.17) is 11.5 Å².